The molecule has 3 N–H and O–H groups in total. The summed E-state index contributed by atoms with van der Waals surface area (Å²) in [5.41, 5.74) is 8.79. The Morgan fingerprint density at radius 3 is 2.52 bits per heavy atom. The Kier molecular flexibility index (Phi) is 4.88. The van der Waals surface area contributed by atoms with Gasteiger partial charge < -0.3 is 15.4 Å². The maximum absolute atomic E-state index is 8.84. The minimum Gasteiger partial charge on any atom is -0.399 e. The maximum atomic E-state index is 8.84. The molecule has 1 aromatic carbocycles. The van der Waals surface area contributed by atoms with Gasteiger partial charge in [0.05, 0.1) is 11.0 Å². The van der Waals surface area contributed by atoms with Crippen LogP contribution in [0.4, 0.5) is 5.69 Å². The number of aliphatic hydroxyl groups is 1. The zero-order valence-electron chi connectivity index (χ0n) is 13.4. The predicted octanol–water partition coefficient (Wildman–Crippen LogP) is 3.47. The van der Waals surface area contributed by atoms with E-state index in [1.807, 2.05) is 12.1 Å². The first-order valence-electron chi connectivity index (χ1n) is 7.80. The molecule has 2 aromatic rings. The van der Waals surface area contributed by atoms with E-state index in [4.69, 9.17) is 15.8 Å². The Morgan fingerprint density at radius 1 is 1.14 bits per heavy atom. The number of rotatable bonds is 6. The lowest BCUT2D eigenvalue weighted by molar-refractivity contribution is 0.282. The van der Waals surface area contributed by atoms with E-state index in [1.165, 1.54) is 0 Å². The van der Waals surface area contributed by atoms with Crippen LogP contribution in [0.3, 0.4) is 0 Å². The van der Waals surface area contributed by atoms with Crippen molar-refractivity contribution in [3.8, 4) is 0 Å². The normalized spacial score (nSPS) is 12.2. The monoisotopic (exact) mass is 289 g/mol. The molecule has 1 aromatic heterocycles. The van der Waals surface area contributed by atoms with E-state index < -0.39 is 0 Å². The largest absolute Gasteiger partial charge is 0.399 e. The Morgan fingerprint density at radius 2 is 1.86 bits per heavy atom. The van der Waals surface area contributed by atoms with E-state index in [2.05, 4.69) is 31.4 Å². The smallest absolute Gasteiger partial charge is 0.115 e. The molecular weight excluding hydrogens is 262 g/mol. The Balaban J connectivity index is 2.26. The highest BCUT2D eigenvalue weighted by atomic mass is 16.2. The van der Waals surface area contributed by atoms with Gasteiger partial charge in [0.25, 0.3) is 0 Å². The molecular formula is C17H27N3O. The van der Waals surface area contributed by atoms with Crippen LogP contribution in [-0.4, -0.2) is 21.3 Å². The molecule has 0 fully saturated rings. The summed E-state index contributed by atoms with van der Waals surface area (Å²) in [6.45, 7) is 7.85. The summed E-state index contributed by atoms with van der Waals surface area (Å²) in [5.74, 6) is 1.12. The van der Waals surface area contributed by atoms with Crippen molar-refractivity contribution in [3.63, 3.8) is 0 Å². The molecule has 0 radical (unpaired) electrons. The lowest BCUT2D eigenvalue weighted by Crippen LogP contribution is -2.19. The number of imidazole rings is 1. The van der Waals surface area contributed by atoms with Crippen LogP contribution in [0, 0.1) is 0 Å². The highest BCUT2D eigenvalue weighted by molar-refractivity contribution is 5.79. The molecule has 2 rings (SSSR count). The predicted molar refractivity (Wildman–Crippen MR) is 88.4 cm³/mol. The van der Waals surface area contributed by atoms with Gasteiger partial charge in [0.1, 0.15) is 5.82 Å². The number of unbranched alkanes of at least 4 members (excludes halogenated alkanes) is 3. The summed E-state index contributed by atoms with van der Waals surface area (Å²) in [6, 6.07) is 5.96. The molecule has 0 unspecified atom stereocenters. The average Bonchev–Trinajstić information content (AvgIpc) is 2.76. The van der Waals surface area contributed by atoms with Crippen molar-refractivity contribution in [1.29, 1.82) is 0 Å². The van der Waals surface area contributed by atoms with Crippen LogP contribution in [0.1, 0.15) is 52.3 Å². The summed E-state index contributed by atoms with van der Waals surface area (Å²) >= 11 is 0. The number of hydrogen-bond donors (Lipinski definition) is 2. The molecule has 0 aliphatic carbocycles. The van der Waals surface area contributed by atoms with Crippen LogP contribution >= 0.6 is 0 Å². The first-order chi connectivity index (χ1) is 9.93. The van der Waals surface area contributed by atoms with E-state index in [9.17, 15) is 0 Å². The number of nitrogens with two attached hydrogens (primary N) is 1. The molecule has 0 aliphatic heterocycles. The summed E-state index contributed by atoms with van der Waals surface area (Å²) in [4.78, 5) is 4.80. The Labute approximate surface area is 127 Å². The SMILES string of the molecule is CC(C)(C)c1nc2cc(N)ccc2n1CCCCCCO. The molecule has 0 bridgehead atoms. The Hall–Kier alpha value is -1.55. The second kappa shape index (κ2) is 6.48. The molecule has 4 heteroatoms. The van der Waals surface area contributed by atoms with Crippen LogP contribution in [0.25, 0.3) is 11.0 Å². The number of fused-ring (bicyclic) bond motifs is 1. The van der Waals surface area contributed by atoms with Gasteiger partial charge in [-0.15, -0.1) is 0 Å². The van der Waals surface area contributed by atoms with Crippen LogP contribution in [0.5, 0.6) is 0 Å². The molecule has 21 heavy (non-hydrogen) atoms. The Bertz CT molecular complexity index is 596. The average molecular weight is 289 g/mol. The third-order valence-corrected chi connectivity index (χ3v) is 3.73. The van der Waals surface area contributed by atoms with Gasteiger partial charge in [-0.25, -0.2) is 4.98 Å². The van der Waals surface area contributed by atoms with Gasteiger partial charge in [0.15, 0.2) is 0 Å². The molecule has 0 aliphatic rings. The van der Waals surface area contributed by atoms with Gasteiger partial charge in [-0.1, -0.05) is 33.6 Å². The fourth-order valence-electron chi connectivity index (χ4n) is 2.68. The number of benzene rings is 1. The molecule has 0 amide bonds. The number of anilines is 1. The third-order valence-electron chi connectivity index (χ3n) is 3.73. The van der Waals surface area contributed by atoms with Gasteiger partial charge in [-0.2, -0.15) is 0 Å². The minimum atomic E-state index is 0.0128. The summed E-state index contributed by atoms with van der Waals surface area (Å²) in [5, 5.41) is 8.84. The van der Waals surface area contributed by atoms with E-state index in [-0.39, 0.29) is 5.41 Å². The van der Waals surface area contributed by atoms with Crippen molar-refractivity contribution in [1.82, 2.24) is 9.55 Å². The molecule has 0 spiro atoms. The molecule has 116 valence electrons. The molecule has 0 saturated carbocycles. The first-order valence-corrected chi connectivity index (χ1v) is 7.80. The van der Waals surface area contributed by atoms with E-state index in [0.717, 1.165) is 54.8 Å². The fraction of sp³-hybridized carbons (Fsp3) is 0.588. The highest BCUT2D eigenvalue weighted by Crippen LogP contribution is 2.28. The highest BCUT2D eigenvalue weighted by Gasteiger charge is 2.22. The van der Waals surface area contributed by atoms with Crippen LogP contribution in [-0.2, 0) is 12.0 Å². The van der Waals surface area contributed by atoms with Crippen molar-refractivity contribution in [2.45, 2.75) is 58.4 Å². The number of nitrogens with zero attached hydrogens (tertiary/aromatic N) is 2. The zero-order chi connectivity index (χ0) is 15.5. The van der Waals surface area contributed by atoms with Crippen molar-refractivity contribution in [2.24, 2.45) is 0 Å². The van der Waals surface area contributed by atoms with Crippen molar-refractivity contribution >= 4 is 16.7 Å². The minimum absolute atomic E-state index is 0.0128. The quantitative estimate of drug-likeness (QED) is 0.632. The zero-order valence-corrected chi connectivity index (χ0v) is 13.4. The van der Waals surface area contributed by atoms with Crippen molar-refractivity contribution in [3.05, 3.63) is 24.0 Å². The lowest BCUT2D eigenvalue weighted by atomic mass is 9.95. The summed E-state index contributed by atoms with van der Waals surface area (Å²) in [7, 11) is 0. The first kappa shape index (κ1) is 15.8. The van der Waals surface area contributed by atoms with Crippen LogP contribution in [0.2, 0.25) is 0 Å². The number of hydrogen-bond acceptors (Lipinski definition) is 3. The molecule has 4 nitrogen and oxygen atoms in total. The van der Waals surface area contributed by atoms with Gasteiger partial charge in [-0.05, 0) is 31.0 Å². The number of nitrogen functional groups attached to an aromatic ring is 1. The van der Waals surface area contributed by atoms with Gasteiger partial charge >= 0.3 is 0 Å². The summed E-state index contributed by atoms with van der Waals surface area (Å²) in [6.07, 6.45) is 4.23. The lowest BCUT2D eigenvalue weighted by Gasteiger charge is -2.20. The number of aliphatic hydroxyl groups excluding tert-OH is 1. The van der Waals surface area contributed by atoms with Gasteiger partial charge in [-0.3, -0.25) is 0 Å². The van der Waals surface area contributed by atoms with Crippen molar-refractivity contribution < 1.29 is 5.11 Å². The topological polar surface area (TPSA) is 64.1 Å². The van der Waals surface area contributed by atoms with Crippen LogP contribution < -0.4 is 5.73 Å². The van der Waals surface area contributed by atoms with E-state index in [1.54, 1.807) is 0 Å². The van der Waals surface area contributed by atoms with Crippen molar-refractivity contribution in [2.75, 3.05) is 12.3 Å². The standard InChI is InChI=1S/C17H27N3O/c1-17(2,3)16-19-14-12-13(18)8-9-15(14)20(16)10-6-4-5-7-11-21/h8-9,12,21H,4-7,10-11,18H2,1-3H3. The molecule has 0 saturated heterocycles. The number of aryl methyl sites for hydroxylation is 1. The van der Waals surface area contributed by atoms with E-state index >= 15 is 0 Å². The van der Waals surface area contributed by atoms with E-state index in [0.29, 0.717) is 6.61 Å². The second-order valence-corrected chi connectivity index (χ2v) is 6.72. The fourth-order valence-corrected chi connectivity index (χ4v) is 2.68. The molecule has 1 heterocycles. The van der Waals surface area contributed by atoms with Gasteiger partial charge in [0, 0.05) is 24.3 Å². The number of aromatic nitrogens is 2. The van der Waals surface area contributed by atoms with Crippen LogP contribution in [0.15, 0.2) is 18.2 Å². The third kappa shape index (κ3) is 3.76. The second-order valence-electron chi connectivity index (χ2n) is 6.72. The van der Waals surface area contributed by atoms with Gasteiger partial charge in [0.2, 0.25) is 0 Å². The molecule has 0 atom stereocenters. The summed E-state index contributed by atoms with van der Waals surface area (Å²) < 4.78 is 2.33. The maximum Gasteiger partial charge on any atom is 0.115 e.